The topological polar surface area (TPSA) is 106 Å². The van der Waals surface area contributed by atoms with E-state index in [1.165, 1.54) is 19.9 Å². The minimum atomic E-state index is -1.12. The molecule has 0 fully saturated rings. The van der Waals surface area contributed by atoms with E-state index in [4.69, 9.17) is 14.2 Å². The number of benzene rings is 1. The zero-order chi connectivity index (χ0) is 25.0. The van der Waals surface area contributed by atoms with E-state index in [0.717, 1.165) is 18.8 Å². The van der Waals surface area contributed by atoms with Crippen LogP contribution in [0.1, 0.15) is 33.3 Å². The molecule has 0 amide bonds. The molecule has 0 spiro atoms. The van der Waals surface area contributed by atoms with Crippen molar-refractivity contribution in [2.75, 3.05) is 31.2 Å². The third kappa shape index (κ3) is 9.03. The molecule has 1 rings (SSSR count). The minimum absolute atomic E-state index is 0.157. The van der Waals surface area contributed by atoms with E-state index in [0.29, 0.717) is 5.56 Å². The van der Waals surface area contributed by atoms with Gasteiger partial charge in [0.25, 0.3) is 0 Å². The number of esters is 3. The van der Waals surface area contributed by atoms with Crippen molar-refractivity contribution in [3.05, 3.63) is 59.7 Å². The summed E-state index contributed by atoms with van der Waals surface area (Å²) in [7, 11) is 0. The average Bonchev–Trinajstić information content (AvgIpc) is 2.79. The summed E-state index contributed by atoms with van der Waals surface area (Å²) in [6, 6.07) is 9.19. The van der Waals surface area contributed by atoms with Gasteiger partial charge in [0.1, 0.15) is 24.9 Å². The normalized spacial score (nSPS) is 10.7. The third-order valence-electron chi connectivity index (χ3n) is 4.44. The molecule has 33 heavy (non-hydrogen) atoms. The summed E-state index contributed by atoms with van der Waals surface area (Å²) in [6.45, 7) is 14.9. The van der Waals surface area contributed by atoms with Gasteiger partial charge in [-0.05, 0) is 51.5 Å². The molecule has 0 aliphatic carbocycles. The van der Waals surface area contributed by atoms with Gasteiger partial charge in [-0.3, -0.25) is 0 Å². The van der Waals surface area contributed by atoms with Crippen molar-refractivity contribution in [3.8, 4) is 6.07 Å². The number of carbonyl (C=O) groups is 3. The molecule has 0 saturated carbocycles. The summed E-state index contributed by atoms with van der Waals surface area (Å²) in [5, 5.41) is 9.45. The Balaban J connectivity index is 2.97. The van der Waals surface area contributed by atoms with Crippen LogP contribution in [-0.2, 0) is 28.6 Å². The van der Waals surface area contributed by atoms with Crippen molar-refractivity contribution >= 4 is 29.7 Å². The molecule has 0 aromatic heterocycles. The lowest BCUT2D eigenvalue weighted by molar-refractivity contribution is -0.161. The Morgan fingerprint density at radius 3 is 1.85 bits per heavy atom. The van der Waals surface area contributed by atoms with Gasteiger partial charge in [-0.25, -0.2) is 14.4 Å². The lowest BCUT2D eigenvalue weighted by atomic mass is 10.1. The van der Waals surface area contributed by atoms with Crippen molar-refractivity contribution < 1.29 is 28.6 Å². The van der Waals surface area contributed by atoms with Crippen LogP contribution in [0.4, 0.5) is 5.69 Å². The molecule has 1 aromatic carbocycles. The van der Waals surface area contributed by atoms with Gasteiger partial charge in [0.2, 0.25) is 0 Å². The van der Waals surface area contributed by atoms with E-state index in [1.54, 1.807) is 12.1 Å². The summed E-state index contributed by atoms with van der Waals surface area (Å²) in [6.07, 6.45) is 0.275. The van der Waals surface area contributed by atoms with Crippen LogP contribution in [0.2, 0.25) is 0 Å². The fourth-order valence-corrected chi connectivity index (χ4v) is 2.59. The van der Waals surface area contributed by atoms with Crippen LogP contribution >= 0.6 is 0 Å². The number of nitrogens with zero attached hydrogens (tertiary/aromatic N) is 2. The van der Waals surface area contributed by atoms with Gasteiger partial charge in [0, 0.05) is 29.9 Å². The molecule has 0 unspecified atom stereocenters. The number of hydrogen-bond acceptors (Lipinski definition) is 8. The highest BCUT2D eigenvalue weighted by Gasteiger charge is 2.22. The van der Waals surface area contributed by atoms with Crippen LogP contribution < -0.4 is 4.90 Å². The number of carbonyl (C=O) groups excluding carboxylic acids is 3. The first-order valence-electron chi connectivity index (χ1n) is 10.5. The van der Waals surface area contributed by atoms with Crippen LogP contribution in [0.15, 0.2) is 54.1 Å². The largest absolute Gasteiger partial charge is 0.458 e. The second-order valence-electron chi connectivity index (χ2n) is 7.22. The van der Waals surface area contributed by atoms with Crippen LogP contribution in [-0.4, -0.2) is 50.3 Å². The van der Waals surface area contributed by atoms with Crippen molar-refractivity contribution in [2.45, 2.75) is 33.8 Å². The number of nitriles is 1. The molecule has 8 nitrogen and oxygen atoms in total. The number of hydrogen-bond donors (Lipinski definition) is 0. The maximum Gasteiger partial charge on any atom is 0.349 e. The predicted molar refractivity (Wildman–Crippen MR) is 125 cm³/mol. The van der Waals surface area contributed by atoms with Gasteiger partial charge in [0.05, 0.1) is 0 Å². The van der Waals surface area contributed by atoms with Gasteiger partial charge >= 0.3 is 17.9 Å². The molecular weight excluding hydrogens is 424 g/mol. The highest BCUT2D eigenvalue weighted by atomic mass is 16.6. The van der Waals surface area contributed by atoms with Crippen LogP contribution in [0.25, 0.3) is 6.08 Å². The van der Waals surface area contributed by atoms with Gasteiger partial charge in [0.15, 0.2) is 6.10 Å². The van der Waals surface area contributed by atoms with E-state index in [1.807, 2.05) is 18.2 Å². The lowest BCUT2D eigenvalue weighted by Gasteiger charge is -2.20. The molecule has 0 radical (unpaired) electrons. The zero-order valence-electron chi connectivity index (χ0n) is 19.6. The number of ether oxygens (including phenoxy) is 3. The second kappa shape index (κ2) is 13.5. The number of anilines is 1. The van der Waals surface area contributed by atoms with Crippen molar-refractivity contribution in [2.24, 2.45) is 0 Å². The predicted octanol–water partition coefficient (Wildman–Crippen LogP) is 3.59. The summed E-state index contributed by atoms with van der Waals surface area (Å²) in [4.78, 5) is 38.1. The zero-order valence-corrected chi connectivity index (χ0v) is 19.6. The van der Waals surface area contributed by atoms with E-state index >= 15 is 0 Å². The monoisotopic (exact) mass is 454 g/mol. The fraction of sp³-hybridized carbons (Fsp3) is 0.360. The summed E-state index contributed by atoms with van der Waals surface area (Å²) in [5.41, 5.74) is 1.72. The minimum Gasteiger partial charge on any atom is -0.458 e. The van der Waals surface area contributed by atoms with E-state index < -0.39 is 24.0 Å². The van der Waals surface area contributed by atoms with Crippen molar-refractivity contribution in [1.29, 1.82) is 5.26 Å². The highest BCUT2D eigenvalue weighted by Crippen LogP contribution is 2.17. The van der Waals surface area contributed by atoms with Gasteiger partial charge < -0.3 is 19.1 Å². The van der Waals surface area contributed by atoms with Gasteiger partial charge in [-0.15, -0.1) is 0 Å². The summed E-state index contributed by atoms with van der Waals surface area (Å²) < 4.78 is 15.3. The SMILES string of the molecule is C=C(C)C(=O)OCC(COC(=O)C(=C)C)OC(=O)C(C#N)=Cc1ccc(N(CC)CC)cc1. The summed E-state index contributed by atoms with van der Waals surface area (Å²) in [5.74, 6) is -2.31. The van der Waals surface area contributed by atoms with E-state index in [-0.39, 0.29) is 29.9 Å². The molecular formula is C25H30N2O6. The Bertz CT molecular complexity index is 922. The highest BCUT2D eigenvalue weighted by molar-refractivity contribution is 5.98. The Morgan fingerprint density at radius 2 is 1.45 bits per heavy atom. The average molecular weight is 455 g/mol. The Hall–Kier alpha value is -3.86. The molecule has 0 bridgehead atoms. The first-order chi connectivity index (χ1) is 15.6. The molecule has 8 heteroatoms. The standard InChI is InChI=1S/C25H30N2O6/c1-7-27(8-2)21-11-9-19(10-12-21)13-20(14-26)25(30)33-22(15-31-23(28)17(3)4)16-32-24(29)18(5)6/h9-13,22H,3,5,7-8,15-16H2,1-2,4,6H3. The lowest BCUT2D eigenvalue weighted by Crippen LogP contribution is -2.31. The number of rotatable bonds is 12. The van der Waals surface area contributed by atoms with Crippen molar-refractivity contribution in [3.63, 3.8) is 0 Å². The van der Waals surface area contributed by atoms with E-state index in [9.17, 15) is 19.6 Å². The van der Waals surface area contributed by atoms with Gasteiger partial charge in [-0.2, -0.15) is 5.26 Å². The molecule has 0 heterocycles. The quantitative estimate of drug-likeness (QED) is 0.204. The van der Waals surface area contributed by atoms with E-state index in [2.05, 4.69) is 31.9 Å². The maximum absolute atomic E-state index is 12.6. The van der Waals surface area contributed by atoms with Crippen LogP contribution in [0.5, 0.6) is 0 Å². The smallest absolute Gasteiger partial charge is 0.349 e. The second-order valence-corrected chi connectivity index (χ2v) is 7.22. The molecule has 0 N–H and O–H groups in total. The Morgan fingerprint density at radius 1 is 0.970 bits per heavy atom. The van der Waals surface area contributed by atoms with Crippen molar-refractivity contribution in [1.82, 2.24) is 0 Å². The molecule has 1 aromatic rings. The first kappa shape index (κ1) is 27.2. The maximum atomic E-state index is 12.6. The van der Waals surface area contributed by atoms with Gasteiger partial charge in [-0.1, -0.05) is 25.3 Å². The summed E-state index contributed by atoms with van der Waals surface area (Å²) >= 11 is 0. The molecule has 0 aliphatic rings. The first-order valence-corrected chi connectivity index (χ1v) is 10.5. The molecule has 0 saturated heterocycles. The Kier molecular flexibility index (Phi) is 11.1. The Labute approximate surface area is 194 Å². The van der Waals surface area contributed by atoms with Crippen LogP contribution in [0.3, 0.4) is 0 Å². The fourth-order valence-electron chi connectivity index (χ4n) is 2.59. The molecule has 176 valence electrons. The van der Waals surface area contributed by atoms with Crippen LogP contribution in [0, 0.1) is 11.3 Å². The molecule has 0 atom stereocenters. The molecule has 0 aliphatic heterocycles. The third-order valence-corrected chi connectivity index (χ3v) is 4.44.